The molecule has 0 radical (unpaired) electrons. The number of nitrogens with one attached hydrogen (secondary N) is 1. The smallest absolute Gasteiger partial charge is 0.262 e. The van der Waals surface area contributed by atoms with Gasteiger partial charge in [0.05, 0.1) is 34.1 Å². The molecular formula is C18H18N2O5. The van der Waals surface area contributed by atoms with Crippen molar-refractivity contribution in [2.75, 3.05) is 21.3 Å². The lowest BCUT2D eigenvalue weighted by Gasteiger charge is -2.13. The Morgan fingerprint density at radius 3 is 2.40 bits per heavy atom. The highest BCUT2D eigenvalue weighted by Gasteiger charge is 2.14. The molecule has 2 rings (SSSR count). The van der Waals surface area contributed by atoms with Crippen molar-refractivity contribution < 1.29 is 23.4 Å². The van der Waals surface area contributed by atoms with Gasteiger partial charge < -0.3 is 23.9 Å². The zero-order valence-electron chi connectivity index (χ0n) is 14.2. The summed E-state index contributed by atoms with van der Waals surface area (Å²) in [5, 5.41) is 11.9. The van der Waals surface area contributed by atoms with Gasteiger partial charge in [-0.2, -0.15) is 5.26 Å². The van der Waals surface area contributed by atoms with E-state index in [0.717, 1.165) is 0 Å². The standard InChI is InChI=1S/C18H18N2O5/c1-22-15-8-12(9-16(23-2)17(15)24-3)7-13(10-19)18(21)20-11-14-5-4-6-25-14/h4-9H,11H2,1-3H3,(H,20,21)/b13-7+. The second-order valence-electron chi connectivity index (χ2n) is 4.89. The van der Waals surface area contributed by atoms with Gasteiger partial charge in [-0.1, -0.05) is 0 Å². The van der Waals surface area contributed by atoms with Crippen molar-refractivity contribution in [1.29, 1.82) is 5.26 Å². The molecule has 0 aliphatic heterocycles. The summed E-state index contributed by atoms with van der Waals surface area (Å²) in [6, 6.07) is 8.64. The van der Waals surface area contributed by atoms with Crippen molar-refractivity contribution in [3.05, 3.63) is 47.4 Å². The minimum atomic E-state index is -0.507. The van der Waals surface area contributed by atoms with E-state index in [1.165, 1.54) is 33.7 Å². The molecule has 0 saturated carbocycles. The van der Waals surface area contributed by atoms with Gasteiger partial charge in [0.15, 0.2) is 11.5 Å². The van der Waals surface area contributed by atoms with Crippen molar-refractivity contribution in [2.24, 2.45) is 0 Å². The molecule has 0 aliphatic rings. The molecule has 0 bridgehead atoms. The lowest BCUT2D eigenvalue weighted by Crippen LogP contribution is -2.23. The Balaban J connectivity index is 2.26. The molecule has 1 amide bonds. The van der Waals surface area contributed by atoms with Crippen molar-refractivity contribution in [1.82, 2.24) is 5.32 Å². The predicted molar refractivity (Wildman–Crippen MR) is 90.2 cm³/mol. The van der Waals surface area contributed by atoms with E-state index in [-0.39, 0.29) is 12.1 Å². The van der Waals surface area contributed by atoms with E-state index in [2.05, 4.69) is 5.32 Å². The number of carbonyl (C=O) groups is 1. The molecule has 2 aromatic rings. The molecule has 25 heavy (non-hydrogen) atoms. The highest BCUT2D eigenvalue weighted by atomic mass is 16.5. The summed E-state index contributed by atoms with van der Waals surface area (Å²) in [7, 11) is 4.48. The average molecular weight is 342 g/mol. The van der Waals surface area contributed by atoms with Crippen molar-refractivity contribution >= 4 is 12.0 Å². The number of rotatable bonds is 7. The molecule has 130 valence electrons. The van der Waals surface area contributed by atoms with Crippen LogP contribution >= 0.6 is 0 Å². The minimum absolute atomic E-state index is 0.0548. The molecule has 0 saturated heterocycles. The van der Waals surface area contributed by atoms with E-state index >= 15 is 0 Å². The number of nitrogens with zero attached hydrogens (tertiary/aromatic N) is 1. The molecule has 7 heteroatoms. The number of nitriles is 1. The van der Waals surface area contributed by atoms with Crippen LogP contribution in [0.2, 0.25) is 0 Å². The summed E-state index contributed by atoms with van der Waals surface area (Å²) in [6.07, 6.45) is 2.96. The normalized spacial score (nSPS) is 10.7. The number of hydrogen-bond acceptors (Lipinski definition) is 6. The van der Waals surface area contributed by atoms with Gasteiger partial charge in [0.1, 0.15) is 17.4 Å². The molecular weight excluding hydrogens is 324 g/mol. The van der Waals surface area contributed by atoms with Crippen molar-refractivity contribution in [3.63, 3.8) is 0 Å². The highest BCUT2D eigenvalue weighted by Crippen LogP contribution is 2.38. The molecule has 1 aromatic carbocycles. The molecule has 0 atom stereocenters. The fraction of sp³-hybridized carbons (Fsp3) is 0.222. The van der Waals surface area contributed by atoms with Crippen LogP contribution in [-0.2, 0) is 11.3 Å². The van der Waals surface area contributed by atoms with Gasteiger partial charge in [0.2, 0.25) is 5.75 Å². The Morgan fingerprint density at radius 2 is 1.92 bits per heavy atom. The second kappa shape index (κ2) is 8.45. The maximum atomic E-state index is 12.2. The van der Waals surface area contributed by atoms with E-state index < -0.39 is 5.91 Å². The van der Waals surface area contributed by atoms with E-state index in [4.69, 9.17) is 18.6 Å². The van der Waals surface area contributed by atoms with Crippen LogP contribution in [0.3, 0.4) is 0 Å². The third-order valence-corrected chi connectivity index (χ3v) is 3.37. The lowest BCUT2D eigenvalue weighted by atomic mass is 10.1. The summed E-state index contributed by atoms with van der Waals surface area (Å²) in [5.41, 5.74) is 0.514. The zero-order chi connectivity index (χ0) is 18.2. The quantitative estimate of drug-likeness (QED) is 0.614. The van der Waals surface area contributed by atoms with Crippen LogP contribution in [0.25, 0.3) is 6.08 Å². The van der Waals surface area contributed by atoms with Crippen LogP contribution in [0, 0.1) is 11.3 Å². The lowest BCUT2D eigenvalue weighted by molar-refractivity contribution is -0.117. The Hall–Kier alpha value is -3.40. The fourth-order valence-electron chi connectivity index (χ4n) is 2.18. The topological polar surface area (TPSA) is 93.7 Å². The number of benzene rings is 1. The van der Waals surface area contributed by atoms with E-state index in [1.807, 2.05) is 6.07 Å². The summed E-state index contributed by atoms with van der Waals surface area (Å²) in [6.45, 7) is 0.195. The maximum absolute atomic E-state index is 12.2. The predicted octanol–water partition coefficient (Wildman–Crippen LogP) is 2.53. The first-order chi connectivity index (χ1) is 12.1. The summed E-state index contributed by atoms with van der Waals surface area (Å²) >= 11 is 0. The third kappa shape index (κ3) is 4.32. The molecule has 0 fully saturated rings. The van der Waals surface area contributed by atoms with Crippen LogP contribution < -0.4 is 19.5 Å². The van der Waals surface area contributed by atoms with Gasteiger partial charge in [0, 0.05) is 0 Å². The van der Waals surface area contributed by atoms with Crippen molar-refractivity contribution in [3.8, 4) is 23.3 Å². The number of carbonyl (C=O) groups excluding carboxylic acids is 1. The molecule has 0 unspecified atom stereocenters. The number of hydrogen-bond donors (Lipinski definition) is 1. The molecule has 7 nitrogen and oxygen atoms in total. The van der Waals surface area contributed by atoms with Crippen LogP contribution in [0.15, 0.2) is 40.5 Å². The van der Waals surface area contributed by atoms with E-state index in [0.29, 0.717) is 28.6 Å². The molecule has 1 heterocycles. The second-order valence-corrected chi connectivity index (χ2v) is 4.89. The number of methoxy groups -OCH3 is 3. The zero-order valence-corrected chi connectivity index (χ0v) is 14.2. The maximum Gasteiger partial charge on any atom is 0.262 e. The number of furan rings is 1. The summed E-state index contributed by atoms with van der Waals surface area (Å²) < 4.78 is 20.9. The summed E-state index contributed by atoms with van der Waals surface area (Å²) in [5.74, 6) is 1.39. The van der Waals surface area contributed by atoms with Gasteiger partial charge >= 0.3 is 0 Å². The Labute approximate surface area is 145 Å². The fourth-order valence-corrected chi connectivity index (χ4v) is 2.18. The van der Waals surface area contributed by atoms with E-state index in [9.17, 15) is 10.1 Å². The summed E-state index contributed by atoms with van der Waals surface area (Å²) in [4.78, 5) is 12.2. The van der Waals surface area contributed by atoms with Gasteiger partial charge in [-0.25, -0.2) is 0 Å². The van der Waals surface area contributed by atoms with E-state index in [1.54, 1.807) is 24.3 Å². The van der Waals surface area contributed by atoms with Crippen LogP contribution in [0.5, 0.6) is 17.2 Å². The Bertz CT molecular complexity index is 778. The van der Waals surface area contributed by atoms with Crippen LogP contribution in [0.1, 0.15) is 11.3 Å². The third-order valence-electron chi connectivity index (χ3n) is 3.37. The molecule has 0 spiro atoms. The first kappa shape index (κ1) is 17.9. The van der Waals surface area contributed by atoms with Crippen LogP contribution in [0.4, 0.5) is 0 Å². The molecule has 1 aromatic heterocycles. The first-order valence-electron chi connectivity index (χ1n) is 7.35. The minimum Gasteiger partial charge on any atom is -0.493 e. The first-order valence-corrected chi connectivity index (χ1v) is 7.35. The van der Waals surface area contributed by atoms with Gasteiger partial charge in [-0.15, -0.1) is 0 Å². The molecule has 1 N–H and O–H groups in total. The molecule has 0 aliphatic carbocycles. The highest BCUT2D eigenvalue weighted by molar-refractivity contribution is 6.01. The van der Waals surface area contributed by atoms with Crippen molar-refractivity contribution in [2.45, 2.75) is 6.54 Å². The number of amides is 1. The Kier molecular flexibility index (Phi) is 6.07. The van der Waals surface area contributed by atoms with Gasteiger partial charge in [0.25, 0.3) is 5.91 Å². The van der Waals surface area contributed by atoms with Gasteiger partial charge in [-0.05, 0) is 35.9 Å². The average Bonchev–Trinajstić information content (AvgIpc) is 3.16. The Morgan fingerprint density at radius 1 is 1.24 bits per heavy atom. The van der Waals surface area contributed by atoms with Crippen LogP contribution in [-0.4, -0.2) is 27.2 Å². The SMILES string of the molecule is COc1cc(/C=C(\C#N)C(=O)NCc2ccco2)cc(OC)c1OC. The number of ether oxygens (including phenoxy) is 3. The monoisotopic (exact) mass is 342 g/mol. The largest absolute Gasteiger partial charge is 0.493 e. The van der Waals surface area contributed by atoms with Gasteiger partial charge in [-0.3, -0.25) is 4.79 Å².